The molecular formula is C13H21N5O. The lowest BCUT2D eigenvalue weighted by Gasteiger charge is -2.37. The van der Waals surface area contributed by atoms with Crippen LogP contribution in [0.2, 0.25) is 0 Å². The van der Waals surface area contributed by atoms with Crippen LogP contribution in [0.5, 0.6) is 0 Å². The molecule has 1 aliphatic heterocycles. The molecule has 0 radical (unpaired) electrons. The molecule has 0 bridgehead atoms. The van der Waals surface area contributed by atoms with Crippen molar-refractivity contribution in [2.24, 2.45) is 10.9 Å². The molecule has 2 heterocycles. The van der Waals surface area contributed by atoms with Crippen molar-refractivity contribution in [1.82, 2.24) is 9.88 Å². The van der Waals surface area contributed by atoms with Crippen LogP contribution in [-0.2, 0) is 0 Å². The molecule has 0 aliphatic carbocycles. The van der Waals surface area contributed by atoms with Crippen LogP contribution in [0, 0.1) is 0 Å². The highest BCUT2D eigenvalue weighted by Gasteiger charge is 2.19. The van der Waals surface area contributed by atoms with Crippen LogP contribution in [0.25, 0.3) is 0 Å². The molecule has 0 amide bonds. The fraction of sp³-hybridized carbons (Fsp3) is 0.538. The number of hydrogen-bond acceptors (Lipinski definition) is 5. The van der Waals surface area contributed by atoms with Crippen molar-refractivity contribution < 1.29 is 5.21 Å². The van der Waals surface area contributed by atoms with E-state index < -0.39 is 0 Å². The maximum atomic E-state index is 8.69. The first-order valence-electron chi connectivity index (χ1n) is 6.55. The molecular weight excluding hydrogens is 242 g/mol. The summed E-state index contributed by atoms with van der Waals surface area (Å²) in [5.74, 6) is 0.926. The number of oxime groups is 1. The topological polar surface area (TPSA) is 78.0 Å². The molecule has 1 saturated heterocycles. The molecule has 3 N–H and O–H groups in total. The molecule has 0 atom stereocenters. The van der Waals surface area contributed by atoms with E-state index in [1.54, 1.807) is 6.07 Å². The van der Waals surface area contributed by atoms with Crippen molar-refractivity contribution in [1.29, 1.82) is 0 Å². The minimum atomic E-state index is 0.0441. The highest BCUT2D eigenvalue weighted by molar-refractivity contribution is 5.95. The summed E-state index contributed by atoms with van der Waals surface area (Å²) < 4.78 is 0. The minimum absolute atomic E-state index is 0.0441. The Bertz CT molecular complexity index is 452. The second-order valence-electron chi connectivity index (χ2n) is 4.98. The van der Waals surface area contributed by atoms with Gasteiger partial charge in [-0.3, -0.25) is 4.90 Å². The molecule has 1 aromatic rings. The van der Waals surface area contributed by atoms with Gasteiger partial charge in [0.15, 0.2) is 5.84 Å². The molecule has 1 aliphatic rings. The smallest absolute Gasteiger partial charge is 0.188 e. The Balaban J connectivity index is 2.07. The van der Waals surface area contributed by atoms with Gasteiger partial charge in [-0.05, 0) is 26.0 Å². The van der Waals surface area contributed by atoms with Gasteiger partial charge in [-0.2, -0.15) is 0 Å². The van der Waals surface area contributed by atoms with Crippen LogP contribution in [0.15, 0.2) is 23.4 Å². The first-order valence-corrected chi connectivity index (χ1v) is 6.55. The second kappa shape index (κ2) is 5.88. The quantitative estimate of drug-likeness (QED) is 0.363. The zero-order valence-electron chi connectivity index (χ0n) is 11.5. The van der Waals surface area contributed by atoms with Crippen LogP contribution in [0.1, 0.15) is 19.5 Å². The van der Waals surface area contributed by atoms with E-state index in [9.17, 15) is 0 Å². The van der Waals surface area contributed by atoms with Gasteiger partial charge in [-0.15, -0.1) is 0 Å². The highest BCUT2D eigenvalue weighted by atomic mass is 16.4. The zero-order chi connectivity index (χ0) is 13.8. The predicted molar refractivity (Wildman–Crippen MR) is 75.7 cm³/mol. The molecule has 0 saturated carbocycles. The first kappa shape index (κ1) is 13.6. The maximum absolute atomic E-state index is 8.69. The Morgan fingerprint density at radius 1 is 1.32 bits per heavy atom. The van der Waals surface area contributed by atoms with Crippen molar-refractivity contribution in [2.75, 3.05) is 31.1 Å². The molecule has 1 fully saturated rings. The molecule has 6 nitrogen and oxygen atoms in total. The number of pyridine rings is 1. The Morgan fingerprint density at radius 3 is 2.58 bits per heavy atom. The van der Waals surface area contributed by atoms with Gasteiger partial charge in [0.1, 0.15) is 11.5 Å². The number of nitrogens with zero attached hydrogens (tertiary/aromatic N) is 4. The van der Waals surface area contributed by atoms with E-state index in [4.69, 9.17) is 10.9 Å². The van der Waals surface area contributed by atoms with E-state index in [2.05, 4.69) is 33.8 Å². The number of anilines is 1. The standard InChI is InChI=1S/C13H21N5O/c1-10(2)17-6-8-18(9-7-17)12-5-3-4-11(15-12)13(14)16-19/h3-5,10,19H,6-9H2,1-2H3,(H2,14,16). The number of aromatic nitrogens is 1. The summed E-state index contributed by atoms with van der Waals surface area (Å²) >= 11 is 0. The molecule has 2 rings (SSSR count). The Kier molecular flexibility index (Phi) is 4.21. The molecule has 0 spiro atoms. The van der Waals surface area contributed by atoms with E-state index in [0.29, 0.717) is 11.7 Å². The number of hydrogen-bond donors (Lipinski definition) is 2. The Morgan fingerprint density at radius 2 is 2.00 bits per heavy atom. The molecule has 104 valence electrons. The Hall–Kier alpha value is -1.82. The monoisotopic (exact) mass is 263 g/mol. The molecule has 19 heavy (non-hydrogen) atoms. The lowest BCUT2D eigenvalue weighted by atomic mass is 10.2. The summed E-state index contributed by atoms with van der Waals surface area (Å²) in [6.45, 7) is 8.40. The van der Waals surface area contributed by atoms with Crippen LogP contribution < -0.4 is 10.6 Å². The van der Waals surface area contributed by atoms with Crippen LogP contribution in [0.3, 0.4) is 0 Å². The van der Waals surface area contributed by atoms with E-state index in [1.165, 1.54) is 0 Å². The van der Waals surface area contributed by atoms with E-state index in [0.717, 1.165) is 32.0 Å². The van der Waals surface area contributed by atoms with Gasteiger partial charge >= 0.3 is 0 Å². The van der Waals surface area contributed by atoms with Crippen LogP contribution in [0.4, 0.5) is 5.82 Å². The zero-order valence-corrected chi connectivity index (χ0v) is 11.5. The maximum Gasteiger partial charge on any atom is 0.188 e. The van der Waals surface area contributed by atoms with Gasteiger partial charge in [-0.25, -0.2) is 4.98 Å². The molecule has 0 aromatic carbocycles. The van der Waals surface area contributed by atoms with Gasteiger partial charge in [0.25, 0.3) is 0 Å². The van der Waals surface area contributed by atoms with Crippen molar-refractivity contribution in [3.8, 4) is 0 Å². The summed E-state index contributed by atoms with van der Waals surface area (Å²) in [4.78, 5) is 9.11. The predicted octanol–water partition coefficient (Wildman–Crippen LogP) is 0.707. The minimum Gasteiger partial charge on any atom is -0.409 e. The molecule has 1 aromatic heterocycles. The number of amidine groups is 1. The highest BCUT2D eigenvalue weighted by Crippen LogP contribution is 2.15. The lowest BCUT2D eigenvalue weighted by molar-refractivity contribution is 0.209. The summed E-state index contributed by atoms with van der Waals surface area (Å²) in [6, 6.07) is 6.16. The molecule has 0 unspecified atom stereocenters. The summed E-state index contributed by atoms with van der Waals surface area (Å²) in [7, 11) is 0. The number of nitrogens with two attached hydrogens (primary N) is 1. The van der Waals surface area contributed by atoms with Crippen molar-refractivity contribution >= 4 is 11.7 Å². The van der Waals surface area contributed by atoms with Gasteiger partial charge in [0.2, 0.25) is 0 Å². The van der Waals surface area contributed by atoms with E-state index in [1.807, 2.05) is 12.1 Å². The fourth-order valence-corrected chi connectivity index (χ4v) is 2.26. The largest absolute Gasteiger partial charge is 0.409 e. The third-order valence-corrected chi connectivity index (χ3v) is 3.47. The normalized spacial score (nSPS) is 18.1. The summed E-state index contributed by atoms with van der Waals surface area (Å²) in [5.41, 5.74) is 6.07. The second-order valence-corrected chi connectivity index (χ2v) is 4.98. The lowest BCUT2D eigenvalue weighted by Crippen LogP contribution is -2.49. The van der Waals surface area contributed by atoms with Gasteiger partial charge in [-0.1, -0.05) is 11.2 Å². The average Bonchev–Trinajstić information content (AvgIpc) is 2.46. The number of rotatable bonds is 3. The van der Waals surface area contributed by atoms with Crippen LogP contribution >= 0.6 is 0 Å². The van der Waals surface area contributed by atoms with Gasteiger partial charge < -0.3 is 15.8 Å². The van der Waals surface area contributed by atoms with E-state index in [-0.39, 0.29) is 5.84 Å². The summed E-state index contributed by atoms with van der Waals surface area (Å²) in [5, 5.41) is 11.7. The van der Waals surface area contributed by atoms with E-state index >= 15 is 0 Å². The third-order valence-electron chi connectivity index (χ3n) is 3.47. The Labute approximate surface area is 113 Å². The fourth-order valence-electron chi connectivity index (χ4n) is 2.26. The SMILES string of the molecule is CC(C)N1CCN(c2cccc(C(N)=NO)n2)CC1. The van der Waals surface area contributed by atoms with Crippen molar-refractivity contribution in [2.45, 2.75) is 19.9 Å². The van der Waals surface area contributed by atoms with Crippen LogP contribution in [-0.4, -0.2) is 53.1 Å². The number of piperazine rings is 1. The first-order chi connectivity index (χ1) is 9.11. The third kappa shape index (κ3) is 3.14. The van der Waals surface area contributed by atoms with Gasteiger partial charge in [0, 0.05) is 32.2 Å². The van der Waals surface area contributed by atoms with Crippen molar-refractivity contribution in [3.05, 3.63) is 23.9 Å². The van der Waals surface area contributed by atoms with Crippen molar-refractivity contribution in [3.63, 3.8) is 0 Å². The average molecular weight is 263 g/mol. The molecule has 6 heteroatoms. The van der Waals surface area contributed by atoms with Gasteiger partial charge in [0.05, 0.1) is 0 Å². The summed E-state index contributed by atoms with van der Waals surface area (Å²) in [6.07, 6.45) is 0.